The fraction of sp³-hybridized carbons (Fsp3) is 0.423. The van der Waals surface area contributed by atoms with Crippen LogP contribution in [0.3, 0.4) is 0 Å². The van der Waals surface area contributed by atoms with Gasteiger partial charge in [0.15, 0.2) is 11.5 Å². The Labute approximate surface area is 216 Å². The molecule has 1 heterocycles. The van der Waals surface area contributed by atoms with Gasteiger partial charge in [-0.1, -0.05) is 0 Å². The van der Waals surface area contributed by atoms with Gasteiger partial charge < -0.3 is 38.9 Å². The predicted molar refractivity (Wildman–Crippen MR) is 137 cm³/mol. The number of nitrogen functional groups attached to an aromatic ring is 1. The number of ether oxygens (including phenoxy) is 5. The molecule has 0 bridgehead atoms. The number of benzene rings is 2. The molecule has 11 heteroatoms. The third-order valence-corrected chi connectivity index (χ3v) is 4.58. The summed E-state index contributed by atoms with van der Waals surface area (Å²) in [5.41, 5.74) is 7.67. The number of carbonyl (C=O) groups excluding carboxylic acids is 2. The molecule has 3 aromatic rings. The van der Waals surface area contributed by atoms with E-state index in [1.165, 1.54) is 32.4 Å². The Morgan fingerprint density at radius 3 is 1.86 bits per heavy atom. The van der Waals surface area contributed by atoms with Gasteiger partial charge in [-0.3, -0.25) is 0 Å². The molecule has 0 aliphatic rings. The number of fused-ring (bicyclic) bond motifs is 1. The molecular weight excluding hydrogens is 484 g/mol. The van der Waals surface area contributed by atoms with Crippen LogP contribution < -0.4 is 5.73 Å². The number of esters is 2. The molecule has 0 aliphatic carbocycles. The zero-order valence-corrected chi connectivity index (χ0v) is 22.3. The van der Waals surface area contributed by atoms with Gasteiger partial charge in [0.25, 0.3) is 5.97 Å². The molecule has 1 aromatic heterocycles. The van der Waals surface area contributed by atoms with E-state index in [4.69, 9.17) is 29.5 Å². The highest BCUT2D eigenvalue weighted by Crippen LogP contribution is 2.20. The normalized spacial score (nSPS) is 10.6. The van der Waals surface area contributed by atoms with E-state index in [-0.39, 0.29) is 17.4 Å². The van der Waals surface area contributed by atoms with E-state index in [1.807, 2.05) is 20.8 Å². The summed E-state index contributed by atoms with van der Waals surface area (Å²) in [7, 11) is 2.63. The van der Waals surface area contributed by atoms with Gasteiger partial charge in [0.1, 0.15) is 11.3 Å². The Morgan fingerprint density at radius 2 is 1.41 bits per heavy atom. The van der Waals surface area contributed by atoms with E-state index in [0.717, 1.165) is 0 Å². The molecule has 204 valence electrons. The van der Waals surface area contributed by atoms with E-state index in [0.29, 0.717) is 47.9 Å². The van der Waals surface area contributed by atoms with Crippen LogP contribution >= 0.6 is 0 Å². The Morgan fingerprint density at radius 1 is 0.919 bits per heavy atom. The summed E-state index contributed by atoms with van der Waals surface area (Å²) < 4.78 is 30.1. The van der Waals surface area contributed by atoms with Crippen molar-refractivity contribution in [3.8, 4) is 5.75 Å². The molecule has 0 saturated carbocycles. The molecule has 0 unspecified atom stereocenters. The maximum atomic E-state index is 11.2. The third kappa shape index (κ3) is 10.1. The second-order valence-corrected chi connectivity index (χ2v) is 7.33. The smallest absolute Gasteiger partial charge is 0.337 e. The van der Waals surface area contributed by atoms with Crippen LogP contribution in [0, 0.1) is 6.92 Å². The first kappa shape index (κ1) is 31.4. The molecule has 0 spiro atoms. The zero-order valence-electron chi connectivity index (χ0n) is 22.3. The minimum absolute atomic E-state index is 0.0392. The van der Waals surface area contributed by atoms with E-state index in [1.54, 1.807) is 32.0 Å². The highest BCUT2D eigenvalue weighted by Gasteiger charge is 2.24. The second-order valence-electron chi connectivity index (χ2n) is 7.33. The average molecular weight is 521 g/mol. The van der Waals surface area contributed by atoms with Crippen molar-refractivity contribution < 1.29 is 42.8 Å². The fourth-order valence-electron chi connectivity index (χ4n) is 3.00. The van der Waals surface area contributed by atoms with Crippen molar-refractivity contribution in [1.82, 2.24) is 4.98 Å². The summed E-state index contributed by atoms with van der Waals surface area (Å²) >= 11 is 0. The number of carbonyl (C=O) groups is 2. The molecule has 37 heavy (non-hydrogen) atoms. The molecular formula is C26H36N2O9. The number of hydrogen-bond acceptors (Lipinski definition) is 11. The molecule has 0 atom stereocenters. The molecule has 0 radical (unpaired) electrons. The topological polar surface area (TPSA) is 153 Å². The molecule has 0 saturated heterocycles. The lowest BCUT2D eigenvalue weighted by Crippen LogP contribution is -2.35. The largest absolute Gasteiger partial charge is 0.506 e. The number of oxazole rings is 1. The number of anilines is 1. The standard InChI is InChI=1S/C10H9NO3.C8H9NO3.C8H18O3/c1-6-11-8-5-7(10(12)13-2)3-4-9(8)14-6;1-12-8(11)5-2-3-7(10)6(9)4-5;1-5-9-8(4,10-6-2)11-7-3/h3-5H,1-2H3;2-4,10H,9H2,1H3;5-7H2,1-4H3. The van der Waals surface area contributed by atoms with Crippen molar-refractivity contribution in [2.45, 2.75) is 40.6 Å². The minimum Gasteiger partial charge on any atom is -0.506 e. The van der Waals surface area contributed by atoms with Gasteiger partial charge in [0, 0.05) is 33.7 Å². The van der Waals surface area contributed by atoms with Crippen molar-refractivity contribution in [2.75, 3.05) is 39.8 Å². The van der Waals surface area contributed by atoms with Crippen molar-refractivity contribution in [2.24, 2.45) is 0 Å². The SMILES string of the molecule is CCOC(C)(OCC)OCC.COC(=O)c1ccc(O)c(N)c1.COC(=O)c1ccc2oc(C)nc2c1. The second kappa shape index (κ2) is 15.4. The third-order valence-electron chi connectivity index (χ3n) is 4.58. The first-order chi connectivity index (χ1) is 17.5. The maximum Gasteiger partial charge on any atom is 0.337 e. The Hall–Kier alpha value is -3.67. The Balaban J connectivity index is 0.000000281. The van der Waals surface area contributed by atoms with Gasteiger partial charge in [-0.05, 0) is 57.2 Å². The van der Waals surface area contributed by atoms with Crippen molar-refractivity contribution in [3.63, 3.8) is 0 Å². The fourth-order valence-corrected chi connectivity index (χ4v) is 3.00. The lowest BCUT2D eigenvalue weighted by molar-refractivity contribution is -0.365. The molecule has 11 nitrogen and oxygen atoms in total. The summed E-state index contributed by atoms with van der Waals surface area (Å²) in [6.45, 7) is 11.1. The van der Waals surface area contributed by atoms with Crippen LogP contribution in [0.1, 0.15) is 54.3 Å². The molecule has 2 aromatic carbocycles. The monoisotopic (exact) mass is 520 g/mol. The van der Waals surface area contributed by atoms with Crippen molar-refractivity contribution in [3.05, 3.63) is 53.4 Å². The lowest BCUT2D eigenvalue weighted by atomic mass is 10.2. The van der Waals surface area contributed by atoms with E-state index >= 15 is 0 Å². The Bertz CT molecular complexity index is 1130. The summed E-state index contributed by atoms with van der Waals surface area (Å²) in [5.74, 6) is -1.14. The summed E-state index contributed by atoms with van der Waals surface area (Å²) in [5, 5.41) is 9.02. The number of rotatable bonds is 8. The minimum atomic E-state index is -0.849. The zero-order chi connectivity index (χ0) is 28.0. The Kier molecular flexibility index (Phi) is 13.1. The van der Waals surface area contributed by atoms with Crippen LogP contribution in [0.2, 0.25) is 0 Å². The number of aromatic nitrogens is 1. The molecule has 0 aliphatic heterocycles. The maximum absolute atomic E-state index is 11.2. The number of phenols is 1. The predicted octanol–water partition coefficient (Wildman–Crippen LogP) is 4.45. The number of methoxy groups -OCH3 is 2. The van der Waals surface area contributed by atoms with Crippen molar-refractivity contribution in [1.29, 1.82) is 0 Å². The first-order valence-corrected chi connectivity index (χ1v) is 11.6. The van der Waals surface area contributed by atoms with Crippen LogP contribution in [0.5, 0.6) is 5.75 Å². The highest BCUT2D eigenvalue weighted by molar-refractivity contribution is 5.93. The van der Waals surface area contributed by atoms with Gasteiger partial charge in [-0.25, -0.2) is 14.6 Å². The lowest BCUT2D eigenvalue weighted by Gasteiger charge is -2.27. The molecule has 3 N–H and O–H groups in total. The number of aromatic hydroxyl groups is 1. The summed E-state index contributed by atoms with van der Waals surface area (Å²) in [6.07, 6.45) is 0. The average Bonchev–Trinajstić information content (AvgIpc) is 3.25. The number of nitrogens with two attached hydrogens (primary N) is 1. The van der Waals surface area contributed by atoms with Crippen LogP contribution in [-0.2, 0) is 23.7 Å². The number of aryl methyl sites for hydroxylation is 1. The molecule has 3 rings (SSSR count). The van der Waals surface area contributed by atoms with Crippen LogP contribution in [-0.4, -0.2) is 62.0 Å². The number of nitrogens with zero attached hydrogens (tertiary/aromatic N) is 1. The quantitative estimate of drug-likeness (QED) is 0.187. The number of phenolic OH excluding ortho intramolecular Hbond substituents is 1. The summed E-state index contributed by atoms with van der Waals surface area (Å²) in [6, 6.07) is 9.16. The van der Waals surface area contributed by atoms with Crippen molar-refractivity contribution >= 4 is 28.7 Å². The number of hydrogen-bond donors (Lipinski definition) is 2. The first-order valence-electron chi connectivity index (χ1n) is 11.6. The van der Waals surface area contributed by atoms with E-state index in [2.05, 4.69) is 14.5 Å². The molecule has 0 amide bonds. The summed E-state index contributed by atoms with van der Waals surface area (Å²) in [4.78, 5) is 26.2. The van der Waals surface area contributed by atoms with Gasteiger partial charge in [0.2, 0.25) is 0 Å². The van der Waals surface area contributed by atoms with Crippen LogP contribution in [0.15, 0.2) is 40.8 Å². The van der Waals surface area contributed by atoms with Gasteiger partial charge >= 0.3 is 11.9 Å². The van der Waals surface area contributed by atoms with Gasteiger partial charge in [0.05, 0.1) is 31.0 Å². The van der Waals surface area contributed by atoms with Crippen LogP contribution in [0.25, 0.3) is 11.1 Å². The van der Waals surface area contributed by atoms with Gasteiger partial charge in [-0.2, -0.15) is 0 Å². The molecule has 0 fully saturated rings. The van der Waals surface area contributed by atoms with E-state index in [9.17, 15) is 9.59 Å². The van der Waals surface area contributed by atoms with Gasteiger partial charge in [-0.15, -0.1) is 0 Å². The highest BCUT2D eigenvalue weighted by atomic mass is 16.9. The van der Waals surface area contributed by atoms with E-state index < -0.39 is 11.9 Å². The van der Waals surface area contributed by atoms with Crippen LogP contribution in [0.4, 0.5) is 5.69 Å².